The number of nitrogens with zero attached hydrogens (tertiary/aromatic N) is 2. The van der Waals surface area contributed by atoms with Crippen LogP contribution in [0, 0.1) is 5.92 Å². The molecule has 3 rings (SSSR count). The molecule has 0 saturated carbocycles. The molecule has 1 N–H and O–H groups in total. The second kappa shape index (κ2) is 9.16. The van der Waals surface area contributed by atoms with Crippen LogP contribution in [0.1, 0.15) is 24.0 Å². The van der Waals surface area contributed by atoms with Crippen molar-refractivity contribution in [1.82, 2.24) is 15.2 Å². The van der Waals surface area contributed by atoms with E-state index in [-0.39, 0.29) is 17.7 Å². The Morgan fingerprint density at radius 2 is 1.74 bits per heavy atom. The van der Waals surface area contributed by atoms with E-state index >= 15 is 0 Å². The van der Waals surface area contributed by atoms with Crippen LogP contribution in [-0.4, -0.2) is 41.9 Å². The van der Waals surface area contributed by atoms with Crippen LogP contribution in [-0.2, 0) is 22.6 Å². The number of likely N-dealkylation sites (tertiary alicyclic amines) is 1. The first kappa shape index (κ1) is 18.9. The van der Waals surface area contributed by atoms with Gasteiger partial charge in [0.25, 0.3) is 0 Å². The lowest BCUT2D eigenvalue weighted by Crippen LogP contribution is -2.43. The van der Waals surface area contributed by atoms with Gasteiger partial charge in [-0.25, -0.2) is 0 Å². The zero-order valence-corrected chi connectivity index (χ0v) is 15.6. The highest BCUT2D eigenvalue weighted by Crippen LogP contribution is 2.19. The van der Waals surface area contributed by atoms with Crippen molar-refractivity contribution in [1.29, 1.82) is 0 Å². The number of amides is 2. The Bertz CT molecular complexity index is 754. The highest BCUT2D eigenvalue weighted by Gasteiger charge is 2.27. The van der Waals surface area contributed by atoms with E-state index in [1.165, 1.54) is 0 Å². The lowest BCUT2D eigenvalue weighted by Gasteiger charge is -2.31. The number of aromatic nitrogens is 1. The van der Waals surface area contributed by atoms with E-state index in [4.69, 9.17) is 4.74 Å². The molecular formula is C21H25N3O3. The average molecular weight is 367 g/mol. The van der Waals surface area contributed by atoms with Crippen LogP contribution in [0.15, 0.2) is 48.8 Å². The smallest absolute Gasteiger partial charge is 0.226 e. The summed E-state index contributed by atoms with van der Waals surface area (Å²) in [6.45, 7) is 1.77. The van der Waals surface area contributed by atoms with Gasteiger partial charge in [0.15, 0.2) is 0 Å². The first-order valence-electron chi connectivity index (χ1n) is 9.23. The van der Waals surface area contributed by atoms with Crippen molar-refractivity contribution in [2.24, 2.45) is 5.92 Å². The molecule has 2 amide bonds. The van der Waals surface area contributed by atoms with E-state index in [1.807, 2.05) is 41.3 Å². The number of ether oxygens (including phenoxy) is 1. The van der Waals surface area contributed by atoms with Gasteiger partial charge in [-0.2, -0.15) is 0 Å². The summed E-state index contributed by atoms with van der Waals surface area (Å²) in [7, 11) is 1.62. The van der Waals surface area contributed by atoms with Gasteiger partial charge >= 0.3 is 0 Å². The van der Waals surface area contributed by atoms with Crippen LogP contribution < -0.4 is 10.1 Å². The van der Waals surface area contributed by atoms with Gasteiger partial charge < -0.3 is 15.0 Å². The second-order valence-electron chi connectivity index (χ2n) is 6.75. The van der Waals surface area contributed by atoms with Crippen LogP contribution in [0.4, 0.5) is 0 Å². The van der Waals surface area contributed by atoms with Crippen LogP contribution in [0.5, 0.6) is 5.75 Å². The van der Waals surface area contributed by atoms with Crippen LogP contribution in [0.2, 0.25) is 0 Å². The Morgan fingerprint density at radius 3 is 2.37 bits per heavy atom. The molecule has 1 fully saturated rings. The molecule has 0 aliphatic carbocycles. The van der Waals surface area contributed by atoms with E-state index in [9.17, 15) is 9.59 Å². The third kappa shape index (κ3) is 5.29. The summed E-state index contributed by atoms with van der Waals surface area (Å²) in [6.07, 6.45) is 5.22. The number of hydrogen-bond acceptors (Lipinski definition) is 4. The SMILES string of the molecule is COc1ccc(CC(=O)N2CCC(C(=O)NCc3ccncc3)CC2)cc1. The van der Waals surface area contributed by atoms with E-state index < -0.39 is 0 Å². The molecule has 142 valence electrons. The molecule has 0 spiro atoms. The van der Waals surface area contributed by atoms with Gasteiger partial charge in [0.1, 0.15) is 5.75 Å². The fourth-order valence-electron chi connectivity index (χ4n) is 3.26. The van der Waals surface area contributed by atoms with Gasteiger partial charge in [-0.05, 0) is 48.2 Å². The summed E-state index contributed by atoms with van der Waals surface area (Å²) >= 11 is 0. The molecule has 27 heavy (non-hydrogen) atoms. The fraction of sp³-hybridized carbons (Fsp3) is 0.381. The molecule has 0 unspecified atom stereocenters. The number of nitrogens with one attached hydrogen (secondary N) is 1. The molecule has 6 heteroatoms. The first-order chi connectivity index (χ1) is 13.2. The van der Waals surface area contributed by atoms with Crippen molar-refractivity contribution < 1.29 is 14.3 Å². The third-order valence-corrected chi connectivity index (χ3v) is 4.95. The largest absolute Gasteiger partial charge is 0.497 e. The van der Waals surface area contributed by atoms with Crippen molar-refractivity contribution in [3.05, 3.63) is 59.9 Å². The summed E-state index contributed by atoms with van der Waals surface area (Å²) in [5.41, 5.74) is 2.00. The van der Waals surface area contributed by atoms with Gasteiger partial charge in [0.2, 0.25) is 11.8 Å². The van der Waals surface area contributed by atoms with Gasteiger partial charge in [0, 0.05) is 37.9 Å². The Labute approximate surface area is 159 Å². The maximum absolute atomic E-state index is 12.5. The summed E-state index contributed by atoms with van der Waals surface area (Å²) in [4.78, 5) is 30.7. The minimum absolute atomic E-state index is 0.0307. The predicted molar refractivity (Wildman–Crippen MR) is 102 cm³/mol. The topological polar surface area (TPSA) is 71.5 Å². The van der Waals surface area contributed by atoms with E-state index in [0.29, 0.717) is 38.9 Å². The summed E-state index contributed by atoms with van der Waals surface area (Å²) in [6, 6.07) is 11.3. The number of carbonyl (C=O) groups excluding carboxylic acids is 2. The minimum atomic E-state index is -0.0307. The monoisotopic (exact) mass is 367 g/mol. The number of rotatable bonds is 6. The van der Waals surface area contributed by atoms with Crippen molar-refractivity contribution in [3.63, 3.8) is 0 Å². The molecule has 0 bridgehead atoms. The number of pyridine rings is 1. The van der Waals surface area contributed by atoms with Crippen molar-refractivity contribution >= 4 is 11.8 Å². The normalized spacial score (nSPS) is 14.6. The van der Waals surface area contributed by atoms with Gasteiger partial charge in [-0.3, -0.25) is 14.6 Å². The van der Waals surface area contributed by atoms with Crippen molar-refractivity contribution in [2.45, 2.75) is 25.8 Å². The number of piperidine rings is 1. The number of hydrogen-bond donors (Lipinski definition) is 1. The van der Waals surface area contributed by atoms with Crippen molar-refractivity contribution in [2.75, 3.05) is 20.2 Å². The van der Waals surface area contributed by atoms with Gasteiger partial charge in [0.05, 0.1) is 13.5 Å². The molecule has 1 aromatic carbocycles. The molecule has 6 nitrogen and oxygen atoms in total. The predicted octanol–water partition coefficient (Wildman–Crippen LogP) is 2.19. The summed E-state index contributed by atoms with van der Waals surface area (Å²) in [5, 5.41) is 2.98. The zero-order chi connectivity index (χ0) is 19.1. The van der Waals surface area contributed by atoms with Gasteiger partial charge in [-0.1, -0.05) is 12.1 Å². The minimum Gasteiger partial charge on any atom is -0.497 e. The third-order valence-electron chi connectivity index (χ3n) is 4.95. The first-order valence-corrected chi connectivity index (χ1v) is 9.23. The summed E-state index contributed by atoms with van der Waals surface area (Å²) in [5.74, 6) is 0.923. The molecule has 1 aliphatic heterocycles. The van der Waals surface area contributed by atoms with E-state index in [0.717, 1.165) is 16.9 Å². The van der Waals surface area contributed by atoms with E-state index in [2.05, 4.69) is 10.3 Å². The van der Waals surface area contributed by atoms with Crippen LogP contribution >= 0.6 is 0 Å². The highest BCUT2D eigenvalue weighted by atomic mass is 16.5. The standard InChI is InChI=1S/C21H25N3O3/c1-27-19-4-2-16(3-5-19)14-20(25)24-12-8-18(9-13-24)21(26)23-15-17-6-10-22-11-7-17/h2-7,10-11,18H,8-9,12-15H2,1H3,(H,23,26). The molecule has 0 atom stereocenters. The number of benzene rings is 1. The van der Waals surface area contributed by atoms with Crippen LogP contribution in [0.3, 0.4) is 0 Å². The molecule has 0 radical (unpaired) electrons. The highest BCUT2D eigenvalue weighted by molar-refractivity contribution is 5.81. The molecule has 1 aromatic heterocycles. The Balaban J connectivity index is 1.43. The molecule has 1 saturated heterocycles. The number of methoxy groups -OCH3 is 1. The maximum atomic E-state index is 12.5. The fourth-order valence-corrected chi connectivity index (χ4v) is 3.26. The zero-order valence-electron chi connectivity index (χ0n) is 15.6. The lowest BCUT2D eigenvalue weighted by molar-refractivity contribution is -0.135. The second-order valence-corrected chi connectivity index (χ2v) is 6.75. The van der Waals surface area contributed by atoms with E-state index in [1.54, 1.807) is 19.5 Å². The lowest BCUT2D eigenvalue weighted by atomic mass is 9.95. The summed E-state index contributed by atoms with van der Waals surface area (Å²) < 4.78 is 5.14. The molecule has 2 aromatic rings. The van der Waals surface area contributed by atoms with Crippen LogP contribution in [0.25, 0.3) is 0 Å². The molecule has 1 aliphatic rings. The molecule has 2 heterocycles. The molecular weight excluding hydrogens is 342 g/mol. The quantitative estimate of drug-likeness (QED) is 0.850. The Hall–Kier alpha value is -2.89. The maximum Gasteiger partial charge on any atom is 0.226 e. The Kier molecular flexibility index (Phi) is 6.41. The van der Waals surface area contributed by atoms with Crippen molar-refractivity contribution in [3.8, 4) is 5.75 Å². The number of carbonyl (C=O) groups is 2. The van der Waals surface area contributed by atoms with Gasteiger partial charge in [-0.15, -0.1) is 0 Å². The average Bonchev–Trinajstić information content (AvgIpc) is 2.73. The Morgan fingerprint density at radius 1 is 1.07 bits per heavy atom.